The van der Waals surface area contributed by atoms with Gasteiger partial charge in [0.1, 0.15) is 0 Å². The Hall–Kier alpha value is -0.950. The zero-order chi connectivity index (χ0) is 13.1. The molecule has 0 aliphatic heterocycles. The Morgan fingerprint density at radius 2 is 1.81 bits per heavy atom. The number of carboxylic acids is 2. The second kappa shape index (κ2) is 4.92. The molecule has 2 unspecified atom stereocenters. The third-order valence-electron chi connectivity index (χ3n) is 2.26. The highest BCUT2D eigenvalue weighted by atomic mass is 31.2. The van der Waals surface area contributed by atoms with Gasteiger partial charge in [0.25, 0.3) is 0 Å². The predicted octanol–water partition coefficient (Wildman–Crippen LogP) is -0.503. The Morgan fingerprint density at radius 1 is 1.38 bits per heavy atom. The molecule has 8 nitrogen and oxygen atoms in total. The maximum atomic E-state index is 11.0. The standard InChI is InChI=1S/C7H13O8P/c1-3-7(15-2,6(10)11)4(5(8)9)16(12,13)14/h4H,3H2,1-2H3,(H,8,9)(H,10,11)(H2,12,13,14). The van der Waals surface area contributed by atoms with Gasteiger partial charge in [0.15, 0.2) is 11.3 Å². The number of methoxy groups -OCH3 is 1. The SMILES string of the molecule is CCC(OC)(C(=O)O)C(C(=O)O)P(=O)(O)O. The summed E-state index contributed by atoms with van der Waals surface area (Å²) in [6, 6.07) is 0. The van der Waals surface area contributed by atoms with Gasteiger partial charge in [-0.1, -0.05) is 6.92 Å². The van der Waals surface area contributed by atoms with Crippen molar-refractivity contribution >= 4 is 19.5 Å². The Morgan fingerprint density at radius 3 is 1.88 bits per heavy atom. The Bertz CT molecular complexity index is 327. The van der Waals surface area contributed by atoms with Gasteiger partial charge in [-0.05, 0) is 6.42 Å². The largest absolute Gasteiger partial charge is 0.480 e. The van der Waals surface area contributed by atoms with E-state index in [9.17, 15) is 14.2 Å². The molecule has 0 heterocycles. The van der Waals surface area contributed by atoms with Crippen LogP contribution in [-0.2, 0) is 18.9 Å². The number of carboxylic acid groups (broad SMARTS) is 2. The van der Waals surface area contributed by atoms with Gasteiger partial charge in [-0.25, -0.2) is 4.79 Å². The summed E-state index contributed by atoms with van der Waals surface area (Å²) in [5, 5.41) is 17.6. The third-order valence-corrected chi connectivity index (χ3v) is 3.57. The molecular formula is C7H13O8P. The van der Waals surface area contributed by atoms with Crippen LogP contribution in [-0.4, -0.2) is 50.3 Å². The average molecular weight is 256 g/mol. The fourth-order valence-electron chi connectivity index (χ4n) is 1.42. The molecule has 0 saturated carbocycles. The summed E-state index contributed by atoms with van der Waals surface area (Å²) < 4.78 is 15.5. The minimum atomic E-state index is -5.15. The topological polar surface area (TPSA) is 141 Å². The summed E-state index contributed by atoms with van der Waals surface area (Å²) in [6.45, 7) is 1.27. The normalized spacial score (nSPS) is 17.5. The zero-order valence-electron chi connectivity index (χ0n) is 8.65. The van der Waals surface area contributed by atoms with Crippen molar-refractivity contribution in [2.45, 2.75) is 24.6 Å². The van der Waals surface area contributed by atoms with E-state index >= 15 is 0 Å². The molecule has 0 bridgehead atoms. The van der Waals surface area contributed by atoms with Crippen LogP contribution < -0.4 is 0 Å². The van der Waals surface area contributed by atoms with E-state index in [2.05, 4.69) is 4.74 Å². The second-order valence-electron chi connectivity index (χ2n) is 3.08. The van der Waals surface area contributed by atoms with Crippen LogP contribution in [0.2, 0.25) is 0 Å². The zero-order valence-corrected chi connectivity index (χ0v) is 9.55. The summed E-state index contributed by atoms with van der Waals surface area (Å²) in [5.74, 6) is -3.65. The number of carbonyl (C=O) groups is 2. The lowest BCUT2D eigenvalue weighted by Gasteiger charge is -2.32. The van der Waals surface area contributed by atoms with E-state index in [0.29, 0.717) is 0 Å². The summed E-state index contributed by atoms with van der Waals surface area (Å²) in [6.07, 6.45) is -0.388. The molecule has 0 aromatic carbocycles. The first-order chi connectivity index (χ1) is 7.13. The fraction of sp³-hybridized carbons (Fsp3) is 0.714. The first kappa shape index (κ1) is 15.0. The molecule has 0 saturated heterocycles. The first-order valence-electron chi connectivity index (χ1n) is 4.20. The van der Waals surface area contributed by atoms with Crippen LogP contribution >= 0.6 is 7.60 Å². The monoisotopic (exact) mass is 256 g/mol. The smallest absolute Gasteiger partial charge is 0.343 e. The maximum absolute atomic E-state index is 11.0. The molecular weight excluding hydrogens is 243 g/mol. The average Bonchev–Trinajstić information content (AvgIpc) is 2.10. The van der Waals surface area contributed by atoms with Gasteiger partial charge in [-0.3, -0.25) is 9.36 Å². The fourth-order valence-corrected chi connectivity index (χ4v) is 2.65. The van der Waals surface area contributed by atoms with Crippen LogP contribution in [0.15, 0.2) is 0 Å². The van der Waals surface area contributed by atoms with Crippen molar-refractivity contribution in [2.75, 3.05) is 7.11 Å². The lowest BCUT2D eigenvalue weighted by Crippen LogP contribution is -2.54. The molecule has 0 aliphatic carbocycles. The molecule has 0 aromatic heterocycles. The molecule has 94 valence electrons. The summed E-state index contributed by atoms with van der Waals surface area (Å²) in [7, 11) is -4.25. The highest BCUT2D eigenvalue weighted by molar-refractivity contribution is 7.53. The minimum absolute atomic E-state index is 0.388. The van der Waals surface area contributed by atoms with E-state index in [-0.39, 0.29) is 6.42 Å². The third kappa shape index (κ3) is 2.59. The van der Waals surface area contributed by atoms with Crippen molar-refractivity contribution in [1.82, 2.24) is 0 Å². The van der Waals surface area contributed by atoms with Crippen LogP contribution in [0.25, 0.3) is 0 Å². The minimum Gasteiger partial charge on any atom is -0.480 e. The van der Waals surface area contributed by atoms with Gasteiger partial charge in [0.2, 0.25) is 0 Å². The summed E-state index contributed by atoms with van der Waals surface area (Å²) in [5.41, 5.74) is -4.88. The highest BCUT2D eigenvalue weighted by Crippen LogP contribution is 2.48. The summed E-state index contributed by atoms with van der Waals surface area (Å²) >= 11 is 0. The molecule has 0 rings (SSSR count). The molecule has 4 N–H and O–H groups in total. The Labute approximate surface area is 91.0 Å². The van der Waals surface area contributed by atoms with Gasteiger partial charge >= 0.3 is 19.5 Å². The van der Waals surface area contributed by atoms with E-state index in [0.717, 1.165) is 7.11 Å². The maximum Gasteiger partial charge on any atom is 0.343 e. The molecule has 0 spiro atoms. The van der Waals surface area contributed by atoms with Crippen molar-refractivity contribution in [1.29, 1.82) is 0 Å². The molecule has 16 heavy (non-hydrogen) atoms. The van der Waals surface area contributed by atoms with Gasteiger partial charge in [-0.15, -0.1) is 0 Å². The van der Waals surface area contributed by atoms with E-state index in [1.807, 2.05) is 0 Å². The van der Waals surface area contributed by atoms with Crippen LogP contribution in [0.3, 0.4) is 0 Å². The van der Waals surface area contributed by atoms with E-state index < -0.39 is 30.8 Å². The Balaban J connectivity index is 5.72. The van der Waals surface area contributed by atoms with Crippen molar-refractivity contribution < 1.29 is 38.9 Å². The number of aliphatic carboxylic acids is 2. The molecule has 0 aliphatic rings. The lowest BCUT2D eigenvalue weighted by atomic mass is 9.96. The van der Waals surface area contributed by atoms with Crippen LogP contribution in [0, 0.1) is 0 Å². The van der Waals surface area contributed by atoms with Gasteiger partial charge in [0, 0.05) is 7.11 Å². The van der Waals surface area contributed by atoms with Crippen LogP contribution in [0.1, 0.15) is 13.3 Å². The predicted molar refractivity (Wildman–Crippen MR) is 51.1 cm³/mol. The van der Waals surface area contributed by atoms with Gasteiger partial charge in [-0.2, -0.15) is 0 Å². The number of hydrogen-bond donors (Lipinski definition) is 4. The van der Waals surface area contributed by atoms with E-state index in [1.54, 1.807) is 0 Å². The van der Waals surface area contributed by atoms with Crippen molar-refractivity contribution in [3.05, 3.63) is 0 Å². The molecule has 0 amide bonds. The molecule has 9 heteroatoms. The van der Waals surface area contributed by atoms with Gasteiger partial charge in [0.05, 0.1) is 0 Å². The van der Waals surface area contributed by atoms with Crippen molar-refractivity contribution in [3.63, 3.8) is 0 Å². The van der Waals surface area contributed by atoms with Crippen molar-refractivity contribution in [3.8, 4) is 0 Å². The van der Waals surface area contributed by atoms with E-state index in [4.69, 9.17) is 20.0 Å². The number of rotatable bonds is 6. The Kier molecular flexibility index (Phi) is 4.63. The van der Waals surface area contributed by atoms with Crippen LogP contribution in [0.5, 0.6) is 0 Å². The highest BCUT2D eigenvalue weighted by Gasteiger charge is 2.57. The molecule has 0 radical (unpaired) electrons. The summed E-state index contributed by atoms with van der Waals surface area (Å²) in [4.78, 5) is 39.5. The van der Waals surface area contributed by atoms with Crippen molar-refractivity contribution in [2.24, 2.45) is 0 Å². The van der Waals surface area contributed by atoms with Crippen LogP contribution in [0.4, 0.5) is 0 Å². The van der Waals surface area contributed by atoms with E-state index in [1.165, 1.54) is 6.92 Å². The number of ether oxygens (including phenoxy) is 1. The lowest BCUT2D eigenvalue weighted by molar-refractivity contribution is -0.169. The molecule has 0 fully saturated rings. The van der Waals surface area contributed by atoms with Gasteiger partial charge < -0.3 is 24.7 Å². The number of hydrogen-bond acceptors (Lipinski definition) is 4. The quantitative estimate of drug-likeness (QED) is 0.466. The molecule has 2 atom stereocenters. The molecule has 0 aromatic rings. The second-order valence-corrected chi connectivity index (χ2v) is 4.78. The first-order valence-corrected chi connectivity index (χ1v) is 5.88.